The van der Waals surface area contributed by atoms with E-state index in [0.717, 1.165) is 56.7 Å². The predicted molar refractivity (Wildman–Crippen MR) is 92.0 cm³/mol. The highest BCUT2D eigenvalue weighted by Gasteiger charge is 2.21. The molecule has 0 spiro atoms. The number of anilines is 1. The van der Waals surface area contributed by atoms with E-state index in [1.165, 1.54) is 5.56 Å². The number of aromatic amines is 1. The van der Waals surface area contributed by atoms with Crippen LogP contribution in [0.25, 0.3) is 0 Å². The van der Waals surface area contributed by atoms with Crippen LogP contribution < -0.4 is 5.32 Å². The third-order valence-electron chi connectivity index (χ3n) is 4.44. The molecule has 3 rings (SSSR count). The van der Waals surface area contributed by atoms with Gasteiger partial charge < -0.3 is 10.2 Å². The fourth-order valence-corrected chi connectivity index (χ4v) is 3.06. The van der Waals surface area contributed by atoms with Gasteiger partial charge in [0.05, 0.1) is 18.1 Å². The Morgan fingerprint density at radius 3 is 2.79 bits per heavy atom. The van der Waals surface area contributed by atoms with Crippen molar-refractivity contribution in [3.8, 4) is 0 Å². The van der Waals surface area contributed by atoms with E-state index in [-0.39, 0.29) is 5.91 Å². The first-order chi connectivity index (χ1) is 11.6. The van der Waals surface area contributed by atoms with Crippen molar-refractivity contribution in [1.82, 2.24) is 25.1 Å². The van der Waals surface area contributed by atoms with Gasteiger partial charge in [0.25, 0.3) is 5.91 Å². The van der Waals surface area contributed by atoms with Crippen LogP contribution in [-0.2, 0) is 6.42 Å². The average molecular weight is 328 g/mol. The second-order valence-corrected chi connectivity index (χ2v) is 6.23. The topological polar surface area (TPSA) is 86.8 Å². The van der Waals surface area contributed by atoms with Crippen molar-refractivity contribution in [2.24, 2.45) is 0 Å². The standard InChI is InChI=1S/C17H24N6O/c1-12-14(13(2)22-21-12)6-5-7-19-16-11-18-10-15(20-16)17(24)23-8-3-4-9-23/h10-11H,3-9H2,1-2H3,(H,19,20)(H,21,22). The quantitative estimate of drug-likeness (QED) is 0.793. The number of aryl methyl sites for hydroxylation is 2. The molecule has 1 amide bonds. The Labute approximate surface area is 141 Å². The van der Waals surface area contributed by atoms with Gasteiger partial charge >= 0.3 is 0 Å². The molecule has 0 unspecified atom stereocenters. The molecule has 0 bridgehead atoms. The van der Waals surface area contributed by atoms with Crippen LogP contribution in [0.4, 0.5) is 5.82 Å². The summed E-state index contributed by atoms with van der Waals surface area (Å²) in [4.78, 5) is 22.7. The summed E-state index contributed by atoms with van der Waals surface area (Å²) in [5, 5.41) is 10.5. The zero-order valence-corrected chi connectivity index (χ0v) is 14.3. The van der Waals surface area contributed by atoms with Gasteiger partial charge in [0, 0.05) is 25.3 Å². The molecule has 0 aromatic carbocycles. The van der Waals surface area contributed by atoms with Gasteiger partial charge in [-0.15, -0.1) is 0 Å². The number of nitrogens with one attached hydrogen (secondary N) is 2. The molecule has 128 valence electrons. The zero-order chi connectivity index (χ0) is 16.9. The fraction of sp³-hybridized carbons (Fsp3) is 0.529. The molecule has 2 aromatic rings. The molecule has 2 N–H and O–H groups in total. The van der Waals surface area contributed by atoms with Crippen LogP contribution in [0.5, 0.6) is 0 Å². The van der Waals surface area contributed by atoms with Gasteiger partial charge in [-0.3, -0.25) is 14.9 Å². The van der Waals surface area contributed by atoms with E-state index in [9.17, 15) is 4.79 Å². The molecule has 1 aliphatic heterocycles. The number of nitrogens with zero attached hydrogens (tertiary/aromatic N) is 4. The highest BCUT2D eigenvalue weighted by molar-refractivity contribution is 5.92. The predicted octanol–water partition coefficient (Wildman–Crippen LogP) is 2.10. The molecule has 1 aliphatic rings. The summed E-state index contributed by atoms with van der Waals surface area (Å²) in [6, 6.07) is 0. The van der Waals surface area contributed by atoms with E-state index >= 15 is 0 Å². The molecule has 1 saturated heterocycles. The molecule has 1 fully saturated rings. The van der Waals surface area contributed by atoms with Crippen LogP contribution in [0.3, 0.4) is 0 Å². The second-order valence-electron chi connectivity index (χ2n) is 6.23. The van der Waals surface area contributed by atoms with Crippen LogP contribution >= 0.6 is 0 Å². The van der Waals surface area contributed by atoms with E-state index in [2.05, 4.69) is 25.5 Å². The number of hydrogen-bond acceptors (Lipinski definition) is 5. The summed E-state index contributed by atoms with van der Waals surface area (Å²) in [6.07, 6.45) is 7.28. The minimum Gasteiger partial charge on any atom is -0.369 e. The molecule has 0 atom stereocenters. The lowest BCUT2D eigenvalue weighted by Gasteiger charge is -2.14. The van der Waals surface area contributed by atoms with E-state index in [0.29, 0.717) is 11.5 Å². The number of amides is 1. The van der Waals surface area contributed by atoms with Crippen molar-refractivity contribution in [3.05, 3.63) is 35.0 Å². The van der Waals surface area contributed by atoms with Crippen LogP contribution in [-0.4, -0.2) is 50.6 Å². The Hall–Kier alpha value is -2.44. The molecule has 7 nitrogen and oxygen atoms in total. The first-order valence-electron chi connectivity index (χ1n) is 8.51. The Morgan fingerprint density at radius 1 is 1.29 bits per heavy atom. The Kier molecular flexibility index (Phi) is 5.08. The fourth-order valence-electron chi connectivity index (χ4n) is 3.06. The maximum absolute atomic E-state index is 12.3. The van der Waals surface area contributed by atoms with Crippen molar-refractivity contribution >= 4 is 11.7 Å². The third-order valence-corrected chi connectivity index (χ3v) is 4.44. The summed E-state index contributed by atoms with van der Waals surface area (Å²) >= 11 is 0. The molecular formula is C17H24N6O. The lowest BCUT2D eigenvalue weighted by Crippen LogP contribution is -2.28. The van der Waals surface area contributed by atoms with E-state index in [4.69, 9.17) is 0 Å². The number of hydrogen-bond donors (Lipinski definition) is 2. The molecule has 0 radical (unpaired) electrons. The Morgan fingerprint density at radius 2 is 2.08 bits per heavy atom. The number of H-pyrrole nitrogens is 1. The summed E-state index contributed by atoms with van der Waals surface area (Å²) in [5.41, 5.74) is 3.89. The molecule has 3 heterocycles. The van der Waals surface area contributed by atoms with Crippen molar-refractivity contribution in [1.29, 1.82) is 0 Å². The number of carbonyl (C=O) groups is 1. The maximum atomic E-state index is 12.3. The largest absolute Gasteiger partial charge is 0.369 e. The number of carbonyl (C=O) groups excluding carboxylic acids is 1. The minimum absolute atomic E-state index is 0.0201. The van der Waals surface area contributed by atoms with Crippen molar-refractivity contribution in [2.75, 3.05) is 25.0 Å². The Bertz CT molecular complexity index is 685. The lowest BCUT2D eigenvalue weighted by molar-refractivity contribution is 0.0786. The highest BCUT2D eigenvalue weighted by Crippen LogP contribution is 2.13. The van der Waals surface area contributed by atoms with Gasteiger partial charge in [-0.2, -0.15) is 5.10 Å². The van der Waals surface area contributed by atoms with Gasteiger partial charge in [-0.1, -0.05) is 0 Å². The highest BCUT2D eigenvalue weighted by atomic mass is 16.2. The van der Waals surface area contributed by atoms with Crippen LogP contribution in [0.1, 0.15) is 46.7 Å². The van der Waals surface area contributed by atoms with E-state index < -0.39 is 0 Å². The van der Waals surface area contributed by atoms with Crippen LogP contribution in [0.2, 0.25) is 0 Å². The van der Waals surface area contributed by atoms with Gasteiger partial charge in [0.15, 0.2) is 0 Å². The smallest absolute Gasteiger partial charge is 0.274 e. The van der Waals surface area contributed by atoms with Crippen LogP contribution in [0.15, 0.2) is 12.4 Å². The van der Waals surface area contributed by atoms with Gasteiger partial charge in [-0.25, -0.2) is 4.98 Å². The molecule has 7 heteroatoms. The van der Waals surface area contributed by atoms with Gasteiger partial charge in [0.1, 0.15) is 11.5 Å². The molecular weight excluding hydrogens is 304 g/mol. The molecule has 24 heavy (non-hydrogen) atoms. The average Bonchev–Trinajstić information content (AvgIpc) is 3.23. The van der Waals surface area contributed by atoms with Crippen LogP contribution in [0, 0.1) is 13.8 Å². The minimum atomic E-state index is -0.0201. The van der Waals surface area contributed by atoms with Gasteiger partial charge in [-0.05, 0) is 45.1 Å². The first kappa shape index (κ1) is 16.4. The summed E-state index contributed by atoms with van der Waals surface area (Å²) in [5.74, 6) is 0.633. The number of likely N-dealkylation sites (tertiary alicyclic amines) is 1. The van der Waals surface area contributed by atoms with Crippen molar-refractivity contribution in [2.45, 2.75) is 39.5 Å². The second kappa shape index (κ2) is 7.42. The first-order valence-corrected chi connectivity index (χ1v) is 8.51. The molecule has 2 aromatic heterocycles. The molecule has 0 saturated carbocycles. The summed E-state index contributed by atoms with van der Waals surface area (Å²) in [7, 11) is 0. The Balaban J connectivity index is 1.52. The third kappa shape index (κ3) is 3.72. The maximum Gasteiger partial charge on any atom is 0.274 e. The van der Waals surface area contributed by atoms with Crippen molar-refractivity contribution < 1.29 is 4.79 Å². The normalized spacial score (nSPS) is 14.2. The van der Waals surface area contributed by atoms with E-state index in [1.807, 2.05) is 18.7 Å². The lowest BCUT2D eigenvalue weighted by atomic mass is 10.1. The number of aromatic nitrogens is 4. The molecule has 0 aliphatic carbocycles. The monoisotopic (exact) mass is 328 g/mol. The van der Waals surface area contributed by atoms with E-state index in [1.54, 1.807) is 12.4 Å². The SMILES string of the molecule is Cc1n[nH]c(C)c1CCCNc1cncc(C(=O)N2CCCC2)n1. The summed E-state index contributed by atoms with van der Waals surface area (Å²) < 4.78 is 0. The summed E-state index contributed by atoms with van der Waals surface area (Å²) in [6.45, 7) is 6.48. The van der Waals surface area contributed by atoms with Gasteiger partial charge in [0.2, 0.25) is 0 Å². The zero-order valence-electron chi connectivity index (χ0n) is 14.3. The number of rotatable bonds is 6. The van der Waals surface area contributed by atoms with Crippen molar-refractivity contribution in [3.63, 3.8) is 0 Å².